The molecule has 0 amide bonds. The summed E-state index contributed by atoms with van der Waals surface area (Å²) in [5, 5.41) is 0. The molecule has 124 valence electrons. The Kier molecular flexibility index (Phi) is 4.87. The zero-order valence-electron chi connectivity index (χ0n) is 13.6. The second kappa shape index (κ2) is 6.20. The monoisotopic (exact) mass is 315 g/mol. The van der Waals surface area contributed by atoms with Crippen molar-refractivity contribution in [2.24, 2.45) is 0 Å². The first-order chi connectivity index (χ1) is 10.1. The molecule has 1 saturated heterocycles. The van der Waals surface area contributed by atoms with E-state index in [0.717, 1.165) is 30.6 Å². The van der Waals surface area contributed by atoms with E-state index in [-0.39, 0.29) is 11.5 Å². The molecule has 1 heterocycles. The average Bonchev–Trinajstić information content (AvgIpc) is 2.84. The number of alkyl halides is 3. The molecule has 0 saturated carbocycles. The predicted octanol–water partition coefficient (Wildman–Crippen LogP) is 4.22. The van der Waals surface area contributed by atoms with E-state index >= 15 is 0 Å². The van der Waals surface area contributed by atoms with Crippen LogP contribution in [-0.2, 0) is 22.9 Å². The van der Waals surface area contributed by atoms with E-state index in [0.29, 0.717) is 6.54 Å². The van der Waals surface area contributed by atoms with Crippen LogP contribution in [0.2, 0.25) is 0 Å². The second-order valence-corrected chi connectivity index (χ2v) is 7.05. The van der Waals surface area contributed by atoms with Crippen molar-refractivity contribution < 1.29 is 17.9 Å². The fraction of sp³-hybridized carbons (Fsp3) is 0.647. The Hall–Kier alpha value is -1.07. The average molecular weight is 315 g/mol. The van der Waals surface area contributed by atoms with Gasteiger partial charge in [0.25, 0.3) is 0 Å². The fourth-order valence-electron chi connectivity index (χ4n) is 2.77. The van der Waals surface area contributed by atoms with E-state index in [1.54, 1.807) is 7.11 Å². The minimum absolute atomic E-state index is 0.188. The Morgan fingerprint density at radius 2 is 1.77 bits per heavy atom. The summed E-state index contributed by atoms with van der Waals surface area (Å²) in [6.45, 7) is 7.97. The minimum atomic E-state index is -4.31. The molecule has 1 aromatic carbocycles. The number of methoxy groups -OCH3 is 1. The first-order valence-electron chi connectivity index (χ1n) is 7.56. The van der Waals surface area contributed by atoms with Crippen LogP contribution in [0.3, 0.4) is 0 Å². The van der Waals surface area contributed by atoms with Gasteiger partial charge in [0.05, 0.1) is 11.7 Å². The molecule has 2 nitrogen and oxygen atoms in total. The van der Waals surface area contributed by atoms with Gasteiger partial charge < -0.3 is 4.74 Å². The number of benzene rings is 1. The molecular formula is C17H24F3NO. The summed E-state index contributed by atoms with van der Waals surface area (Å²) in [7, 11) is 1.68. The number of hydrogen-bond donors (Lipinski definition) is 0. The number of ether oxygens (including phenoxy) is 1. The summed E-state index contributed by atoms with van der Waals surface area (Å²) in [5.41, 5.74) is 0.574. The molecule has 5 heteroatoms. The number of halogens is 3. The predicted molar refractivity (Wildman–Crippen MR) is 80.8 cm³/mol. The Balaban J connectivity index is 2.27. The van der Waals surface area contributed by atoms with Crippen LogP contribution in [-0.4, -0.2) is 31.2 Å². The van der Waals surface area contributed by atoms with E-state index < -0.39 is 11.7 Å². The Morgan fingerprint density at radius 3 is 2.27 bits per heavy atom. The number of likely N-dealkylation sites (tertiary alicyclic amines) is 1. The van der Waals surface area contributed by atoms with Gasteiger partial charge in [-0.1, -0.05) is 26.8 Å². The molecule has 1 aliphatic heterocycles. The molecule has 1 unspecified atom stereocenters. The van der Waals surface area contributed by atoms with Crippen LogP contribution in [0.5, 0.6) is 0 Å². The molecule has 0 aliphatic carbocycles. The van der Waals surface area contributed by atoms with Crippen LogP contribution in [0.4, 0.5) is 13.2 Å². The highest BCUT2D eigenvalue weighted by Gasteiger charge is 2.32. The van der Waals surface area contributed by atoms with Gasteiger partial charge >= 0.3 is 6.18 Å². The quantitative estimate of drug-likeness (QED) is 0.828. The topological polar surface area (TPSA) is 12.5 Å². The summed E-state index contributed by atoms with van der Waals surface area (Å²) >= 11 is 0. The third-order valence-electron chi connectivity index (χ3n) is 4.15. The van der Waals surface area contributed by atoms with Gasteiger partial charge in [-0.05, 0) is 35.1 Å². The molecule has 2 rings (SSSR count). The van der Waals surface area contributed by atoms with Crippen molar-refractivity contribution in [1.29, 1.82) is 0 Å². The Bertz CT molecular complexity index is 487. The van der Waals surface area contributed by atoms with Gasteiger partial charge in [0, 0.05) is 26.7 Å². The zero-order chi connectivity index (χ0) is 16.5. The lowest BCUT2D eigenvalue weighted by Crippen LogP contribution is -2.23. The number of rotatable bonds is 3. The second-order valence-electron chi connectivity index (χ2n) is 7.05. The van der Waals surface area contributed by atoms with Crippen molar-refractivity contribution in [2.45, 2.75) is 51.4 Å². The van der Waals surface area contributed by atoms with Crippen LogP contribution in [0.25, 0.3) is 0 Å². The van der Waals surface area contributed by atoms with Crippen molar-refractivity contribution in [3.63, 3.8) is 0 Å². The van der Waals surface area contributed by atoms with Gasteiger partial charge in [-0.15, -0.1) is 0 Å². The van der Waals surface area contributed by atoms with Crippen molar-refractivity contribution in [3.05, 3.63) is 34.9 Å². The van der Waals surface area contributed by atoms with Crippen molar-refractivity contribution in [3.8, 4) is 0 Å². The van der Waals surface area contributed by atoms with Crippen LogP contribution >= 0.6 is 0 Å². The molecule has 1 atom stereocenters. The molecule has 1 fully saturated rings. The smallest absolute Gasteiger partial charge is 0.380 e. The van der Waals surface area contributed by atoms with E-state index in [2.05, 4.69) is 4.90 Å². The van der Waals surface area contributed by atoms with E-state index in [9.17, 15) is 13.2 Å². The first-order valence-corrected chi connectivity index (χ1v) is 7.56. The summed E-state index contributed by atoms with van der Waals surface area (Å²) in [6.07, 6.45) is -3.19. The molecule has 1 aromatic rings. The third-order valence-corrected chi connectivity index (χ3v) is 4.15. The molecule has 22 heavy (non-hydrogen) atoms. The van der Waals surface area contributed by atoms with Crippen LogP contribution in [0.15, 0.2) is 18.2 Å². The van der Waals surface area contributed by atoms with Gasteiger partial charge in [0.2, 0.25) is 0 Å². The molecule has 1 aliphatic rings. The number of nitrogens with zero attached hydrogens (tertiary/aromatic N) is 1. The molecule has 0 N–H and O–H groups in total. The van der Waals surface area contributed by atoms with Gasteiger partial charge in [0.15, 0.2) is 0 Å². The summed E-state index contributed by atoms with van der Waals surface area (Å²) < 4.78 is 44.7. The SMILES string of the molecule is COC1CCN(Cc2cc(C(C)(C)C)cc(C(F)(F)F)c2)C1. The van der Waals surface area contributed by atoms with Crippen molar-refractivity contribution in [1.82, 2.24) is 4.90 Å². The zero-order valence-corrected chi connectivity index (χ0v) is 13.6. The van der Waals surface area contributed by atoms with Gasteiger partial charge in [0.1, 0.15) is 0 Å². The lowest BCUT2D eigenvalue weighted by molar-refractivity contribution is -0.137. The maximum absolute atomic E-state index is 13.1. The maximum Gasteiger partial charge on any atom is 0.416 e. The highest BCUT2D eigenvalue weighted by atomic mass is 19.4. The highest BCUT2D eigenvalue weighted by Crippen LogP contribution is 2.34. The first kappa shape index (κ1) is 17.3. The lowest BCUT2D eigenvalue weighted by atomic mass is 9.85. The molecule has 0 radical (unpaired) electrons. The standard InChI is InChI=1S/C17H24F3NO/c1-16(2,3)13-7-12(8-14(9-13)17(18,19)20)10-21-6-5-15(11-21)22-4/h7-9,15H,5-6,10-11H2,1-4H3. The fourth-order valence-corrected chi connectivity index (χ4v) is 2.77. The van der Waals surface area contributed by atoms with Gasteiger partial charge in [-0.3, -0.25) is 4.90 Å². The summed E-state index contributed by atoms with van der Waals surface area (Å²) in [6, 6.07) is 4.44. The Labute approximate surface area is 130 Å². The summed E-state index contributed by atoms with van der Waals surface area (Å²) in [5.74, 6) is 0. The Morgan fingerprint density at radius 1 is 1.14 bits per heavy atom. The van der Waals surface area contributed by atoms with E-state index in [4.69, 9.17) is 4.74 Å². The van der Waals surface area contributed by atoms with Crippen molar-refractivity contribution >= 4 is 0 Å². The molecule has 0 aromatic heterocycles. The van der Waals surface area contributed by atoms with Crippen LogP contribution in [0.1, 0.15) is 43.9 Å². The third kappa shape index (κ3) is 4.23. The molecule has 0 spiro atoms. The van der Waals surface area contributed by atoms with E-state index in [1.807, 2.05) is 26.8 Å². The minimum Gasteiger partial charge on any atom is -0.380 e. The van der Waals surface area contributed by atoms with Gasteiger partial charge in [-0.2, -0.15) is 13.2 Å². The maximum atomic E-state index is 13.1. The normalized spacial score (nSPS) is 20.6. The highest BCUT2D eigenvalue weighted by molar-refractivity contribution is 5.35. The largest absolute Gasteiger partial charge is 0.416 e. The molecular weight excluding hydrogens is 291 g/mol. The molecule has 0 bridgehead atoms. The van der Waals surface area contributed by atoms with E-state index in [1.165, 1.54) is 12.1 Å². The number of hydrogen-bond acceptors (Lipinski definition) is 2. The van der Waals surface area contributed by atoms with Crippen LogP contribution in [0, 0.1) is 0 Å². The van der Waals surface area contributed by atoms with Crippen molar-refractivity contribution in [2.75, 3.05) is 20.2 Å². The van der Waals surface area contributed by atoms with Crippen LogP contribution < -0.4 is 0 Å². The van der Waals surface area contributed by atoms with Gasteiger partial charge in [-0.25, -0.2) is 0 Å². The lowest BCUT2D eigenvalue weighted by Gasteiger charge is -2.23. The summed E-state index contributed by atoms with van der Waals surface area (Å²) in [4.78, 5) is 2.15.